The highest BCUT2D eigenvalue weighted by Gasteiger charge is 2.16. The second-order valence-corrected chi connectivity index (χ2v) is 5.66. The third kappa shape index (κ3) is 2.08. The third-order valence-corrected chi connectivity index (χ3v) is 3.54. The highest BCUT2D eigenvalue weighted by atomic mass is 15.1. The van der Waals surface area contributed by atoms with Crippen molar-refractivity contribution in [1.29, 1.82) is 0 Å². The van der Waals surface area contributed by atoms with E-state index in [0.717, 1.165) is 28.0 Å². The predicted molar refractivity (Wildman–Crippen MR) is 81.2 cm³/mol. The van der Waals surface area contributed by atoms with Crippen LogP contribution in [0.25, 0.3) is 22.4 Å². The summed E-state index contributed by atoms with van der Waals surface area (Å²) in [6, 6.07) is 10.1. The van der Waals surface area contributed by atoms with E-state index < -0.39 is 0 Å². The fourth-order valence-corrected chi connectivity index (χ4v) is 2.35. The van der Waals surface area contributed by atoms with Crippen LogP contribution < -0.4 is 5.73 Å². The third-order valence-electron chi connectivity index (χ3n) is 3.54. The second-order valence-electron chi connectivity index (χ2n) is 5.66. The maximum Gasteiger partial charge on any atom is 0.142 e. The van der Waals surface area contributed by atoms with Crippen LogP contribution in [0.5, 0.6) is 0 Å². The number of hydrogen-bond donors (Lipinski definition) is 1. The van der Waals surface area contributed by atoms with Crippen LogP contribution in [0.3, 0.4) is 0 Å². The largest absolute Gasteiger partial charge is 0.327 e. The molecule has 1 aromatic carbocycles. The number of hydrogen-bond acceptors (Lipinski definition) is 3. The first-order valence-electron chi connectivity index (χ1n) is 6.63. The van der Waals surface area contributed by atoms with Gasteiger partial charge in [0.25, 0.3) is 0 Å². The van der Waals surface area contributed by atoms with Crippen LogP contribution in [-0.4, -0.2) is 14.5 Å². The molecule has 2 heterocycles. The minimum Gasteiger partial charge on any atom is -0.327 e. The van der Waals surface area contributed by atoms with E-state index >= 15 is 0 Å². The van der Waals surface area contributed by atoms with Crippen molar-refractivity contribution in [3.05, 3.63) is 48.3 Å². The first-order chi connectivity index (χ1) is 9.47. The average molecular weight is 266 g/mol. The number of nitrogens with two attached hydrogens (primary N) is 1. The van der Waals surface area contributed by atoms with Gasteiger partial charge in [-0.25, -0.2) is 4.98 Å². The van der Waals surface area contributed by atoms with Gasteiger partial charge in [-0.1, -0.05) is 6.07 Å². The zero-order valence-corrected chi connectivity index (χ0v) is 12.0. The molecule has 102 valence electrons. The van der Waals surface area contributed by atoms with Crippen molar-refractivity contribution in [1.82, 2.24) is 14.5 Å². The van der Waals surface area contributed by atoms with E-state index in [1.54, 1.807) is 6.20 Å². The van der Waals surface area contributed by atoms with Gasteiger partial charge in [-0.05, 0) is 43.7 Å². The molecule has 0 aliphatic carbocycles. The number of benzene rings is 1. The molecule has 3 rings (SSSR count). The number of imidazole rings is 1. The fourth-order valence-electron chi connectivity index (χ4n) is 2.35. The molecule has 4 nitrogen and oxygen atoms in total. The number of nitrogens with zero attached hydrogens (tertiary/aromatic N) is 3. The van der Waals surface area contributed by atoms with E-state index in [4.69, 9.17) is 10.7 Å². The van der Waals surface area contributed by atoms with Gasteiger partial charge in [-0.15, -0.1) is 0 Å². The van der Waals surface area contributed by atoms with E-state index in [-0.39, 0.29) is 5.54 Å². The lowest BCUT2D eigenvalue weighted by atomic mass is 9.95. The molecule has 0 aliphatic rings. The van der Waals surface area contributed by atoms with Crippen LogP contribution in [0.4, 0.5) is 0 Å². The summed E-state index contributed by atoms with van der Waals surface area (Å²) in [4.78, 5) is 8.88. The molecule has 3 aromatic rings. The SMILES string of the molecule is Cn1c(-c2cccnc2)nc2cc(C(C)(C)N)ccc21. The van der Waals surface area contributed by atoms with Crippen LogP contribution in [-0.2, 0) is 12.6 Å². The van der Waals surface area contributed by atoms with Gasteiger partial charge >= 0.3 is 0 Å². The molecule has 0 fully saturated rings. The minimum atomic E-state index is -0.361. The summed E-state index contributed by atoms with van der Waals surface area (Å²) in [5, 5.41) is 0. The summed E-state index contributed by atoms with van der Waals surface area (Å²) in [6.07, 6.45) is 3.59. The predicted octanol–water partition coefficient (Wildman–Crippen LogP) is 2.83. The standard InChI is InChI=1S/C16H18N4/c1-16(2,17)12-6-7-14-13(9-12)19-15(20(14)3)11-5-4-8-18-10-11/h4-10H,17H2,1-3H3. The topological polar surface area (TPSA) is 56.7 Å². The first kappa shape index (κ1) is 12.8. The van der Waals surface area contributed by atoms with E-state index in [1.807, 2.05) is 39.2 Å². The highest BCUT2D eigenvalue weighted by Crippen LogP contribution is 2.26. The molecule has 0 saturated carbocycles. The Bertz CT molecular complexity index is 751. The number of pyridine rings is 1. The molecule has 2 aromatic heterocycles. The summed E-state index contributed by atoms with van der Waals surface area (Å²) in [5.41, 5.74) is 9.95. The van der Waals surface area contributed by atoms with Crippen molar-refractivity contribution in [3.8, 4) is 11.4 Å². The molecule has 0 amide bonds. The smallest absolute Gasteiger partial charge is 0.142 e. The Morgan fingerprint density at radius 3 is 2.65 bits per heavy atom. The Morgan fingerprint density at radius 1 is 1.20 bits per heavy atom. The van der Waals surface area contributed by atoms with Crippen molar-refractivity contribution in [2.24, 2.45) is 12.8 Å². The van der Waals surface area contributed by atoms with Gasteiger partial charge < -0.3 is 10.3 Å². The Hall–Kier alpha value is -2.20. The van der Waals surface area contributed by atoms with Gasteiger partial charge in [0.15, 0.2) is 0 Å². The van der Waals surface area contributed by atoms with Crippen LogP contribution in [0.2, 0.25) is 0 Å². The van der Waals surface area contributed by atoms with Crippen LogP contribution in [0, 0.1) is 0 Å². The van der Waals surface area contributed by atoms with Crippen molar-refractivity contribution in [2.45, 2.75) is 19.4 Å². The summed E-state index contributed by atoms with van der Waals surface area (Å²) < 4.78 is 2.08. The van der Waals surface area contributed by atoms with Crippen molar-refractivity contribution in [2.75, 3.05) is 0 Å². The number of aryl methyl sites for hydroxylation is 1. The Morgan fingerprint density at radius 2 is 2.00 bits per heavy atom. The van der Waals surface area contributed by atoms with Crippen molar-refractivity contribution in [3.63, 3.8) is 0 Å². The van der Waals surface area contributed by atoms with E-state index in [2.05, 4.69) is 27.8 Å². The highest BCUT2D eigenvalue weighted by molar-refractivity contribution is 5.81. The molecular weight excluding hydrogens is 248 g/mol. The van der Waals surface area contributed by atoms with Gasteiger partial charge in [-0.2, -0.15) is 0 Å². The fraction of sp³-hybridized carbons (Fsp3) is 0.250. The van der Waals surface area contributed by atoms with E-state index in [1.165, 1.54) is 0 Å². The number of rotatable bonds is 2. The molecule has 20 heavy (non-hydrogen) atoms. The Kier molecular flexibility index (Phi) is 2.83. The normalized spacial score (nSPS) is 12.0. The van der Waals surface area contributed by atoms with Crippen molar-refractivity contribution < 1.29 is 0 Å². The van der Waals surface area contributed by atoms with Gasteiger partial charge in [0.2, 0.25) is 0 Å². The molecule has 2 N–H and O–H groups in total. The van der Waals surface area contributed by atoms with E-state index in [9.17, 15) is 0 Å². The summed E-state index contributed by atoms with van der Waals surface area (Å²) in [7, 11) is 2.02. The molecule has 0 bridgehead atoms. The molecule has 0 saturated heterocycles. The van der Waals surface area contributed by atoms with Crippen LogP contribution in [0.1, 0.15) is 19.4 Å². The molecule has 0 atom stereocenters. The van der Waals surface area contributed by atoms with Gasteiger partial charge in [0.05, 0.1) is 11.0 Å². The maximum atomic E-state index is 6.16. The second kappa shape index (κ2) is 4.42. The molecule has 0 unspecified atom stereocenters. The lowest BCUT2D eigenvalue weighted by Gasteiger charge is -2.18. The lowest BCUT2D eigenvalue weighted by Crippen LogP contribution is -2.28. The molecule has 0 spiro atoms. The van der Waals surface area contributed by atoms with Crippen molar-refractivity contribution >= 4 is 11.0 Å². The van der Waals surface area contributed by atoms with Gasteiger partial charge in [0.1, 0.15) is 5.82 Å². The number of fused-ring (bicyclic) bond motifs is 1. The molecule has 0 aliphatic heterocycles. The Balaban J connectivity index is 2.20. The lowest BCUT2D eigenvalue weighted by molar-refractivity contribution is 0.555. The average Bonchev–Trinajstić information content (AvgIpc) is 2.76. The maximum absolute atomic E-state index is 6.16. The first-order valence-corrected chi connectivity index (χ1v) is 6.63. The van der Waals surface area contributed by atoms with Gasteiger partial charge in [-0.3, -0.25) is 4.98 Å². The summed E-state index contributed by atoms with van der Waals surface area (Å²) in [6.45, 7) is 4.00. The molecule has 0 radical (unpaired) electrons. The number of aromatic nitrogens is 3. The van der Waals surface area contributed by atoms with Gasteiger partial charge in [0, 0.05) is 30.5 Å². The summed E-state index contributed by atoms with van der Waals surface area (Å²) in [5.74, 6) is 0.917. The zero-order chi connectivity index (χ0) is 14.3. The van der Waals surface area contributed by atoms with Crippen LogP contribution >= 0.6 is 0 Å². The quantitative estimate of drug-likeness (QED) is 0.776. The van der Waals surface area contributed by atoms with E-state index in [0.29, 0.717) is 0 Å². The zero-order valence-electron chi connectivity index (χ0n) is 12.0. The summed E-state index contributed by atoms with van der Waals surface area (Å²) >= 11 is 0. The monoisotopic (exact) mass is 266 g/mol. The minimum absolute atomic E-state index is 0.361. The van der Waals surface area contributed by atoms with Crippen LogP contribution in [0.15, 0.2) is 42.7 Å². The molecule has 4 heteroatoms. The molecular formula is C16H18N4. The Labute approximate surface area is 118 Å².